The maximum absolute atomic E-state index is 11.6. The van der Waals surface area contributed by atoms with Crippen LogP contribution in [-0.2, 0) is 4.79 Å². The van der Waals surface area contributed by atoms with Gasteiger partial charge in [0.2, 0.25) is 0 Å². The summed E-state index contributed by atoms with van der Waals surface area (Å²) < 4.78 is 0. The van der Waals surface area contributed by atoms with E-state index in [1.54, 1.807) is 0 Å². The molecule has 2 N–H and O–H groups in total. The Hall–Kier alpha value is -1.55. The maximum atomic E-state index is 11.6. The van der Waals surface area contributed by atoms with E-state index in [-0.39, 0.29) is 5.91 Å². The van der Waals surface area contributed by atoms with Crippen molar-refractivity contribution in [1.82, 2.24) is 0 Å². The van der Waals surface area contributed by atoms with E-state index in [1.807, 2.05) is 24.3 Å². The number of carbonyl (C=O) groups is 1. The number of hydrogen-bond donors (Lipinski definition) is 2. The summed E-state index contributed by atoms with van der Waals surface area (Å²) in [5.74, 6) is -0.359. The SMILES string of the molecule is CC(O)C(=O)Nc1ccccc1N1CCCCCC1. The van der Waals surface area contributed by atoms with Gasteiger partial charge in [0.25, 0.3) is 5.91 Å². The first-order valence-corrected chi connectivity index (χ1v) is 7.01. The summed E-state index contributed by atoms with van der Waals surface area (Å²) in [6.45, 7) is 3.53. The van der Waals surface area contributed by atoms with Crippen molar-refractivity contribution in [2.24, 2.45) is 0 Å². The minimum absolute atomic E-state index is 0.359. The van der Waals surface area contributed by atoms with Crippen LogP contribution in [0.4, 0.5) is 11.4 Å². The molecule has 0 aliphatic carbocycles. The third-order valence-corrected chi connectivity index (χ3v) is 3.49. The van der Waals surface area contributed by atoms with Crippen molar-refractivity contribution in [3.05, 3.63) is 24.3 Å². The Morgan fingerprint density at radius 1 is 1.21 bits per heavy atom. The number of carbonyl (C=O) groups excluding carboxylic acids is 1. The first-order valence-electron chi connectivity index (χ1n) is 7.01. The van der Waals surface area contributed by atoms with Crippen molar-refractivity contribution < 1.29 is 9.90 Å². The van der Waals surface area contributed by atoms with Gasteiger partial charge in [-0.25, -0.2) is 0 Å². The summed E-state index contributed by atoms with van der Waals surface area (Å²) in [4.78, 5) is 14.0. The molecule has 0 spiro atoms. The summed E-state index contributed by atoms with van der Waals surface area (Å²) in [6, 6.07) is 7.81. The van der Waals surface area contributed by atoms with Crippen LogP contribution in [0.1, 0.15) is 32.6 Å². The Bertz CT molecular complexity index is 424. The largest absolute Gasteiger partial charge is 0.384 e. The molecule has 19 heavy (non-hydrogen) atoms. The molecule has 1 heterocycles. The fraction of sp³-hybridized carbons (Fsp3) is 0.533. The maximum Gasteiger partial charge on any atom is 0.252 e. The zero-order chi connectivity index (χ0) is 13.7. The van der Waals surface area contributed by atoms with Gasteiger partial charge in [-0.3, -0.25) is 4.79 Å². The molecule has 1 unspecified atom stereocenters. The zero-order valence-corrected chi connectivity index (χ0v) is 11.4. The number of benzene rings is 1. The topological polar surface area (TPSA) is 52.6 Å². The zero-order valence-electron chi connectivity index (χ0n) is 11.4. The molecule has 104 valence electrons. The molecule has 1 saturated heterocycles. The normalized spacial score (nSPS) is 17.7. The minimum atomic E-state index is -0.989. The summed E-state index contributed by atoms with van der Waals surface area (Å²) in [7, 11) is 0. The van der Waals surface area contributed by atoms with Crippen molar-refractivity contribution in [1.29, 1.82) is 0 Å². The lowest BCUT2D eigenvalue weighted by Crippen LogP contribution is -2.28. The van der Waals surface area contributed by atoms with Gasteiger partial charge >= 0.3 is 0 Å². The van der Waals surface area contributed by atoms with Crippen LogP contribution in [0, 0.1) is 0 Å². The van der Waals surface area contributed by atoms with Crippen molar-refractivity contribution in [2.75, 3.05) is 23.3 Å². The van der Waals surface area contributed by atoms with Crippen LogP contribution in [0.25, 0.3) is 0 Å². The van der Waals surface area contributed by atoms with Crippen LogP contribution < -0.4 is 10.2 Å². The molecule has 2 rings (SSSR count). The standard InChI is InChI=1S/C15H22N2O2/c1-12(18)15(19)16-13-8-4-5-9-14(13)17-10-6-2-3-7-11-17/h4-5,8-9,12,18H,2-3,6-7,10-11H2,1H3,(H,16,19). The minimum Gasteiger partial charge on any atom is -0.384 e. The number of anilines is 2. The van der Waals surface area contributed by atoms with Crippen molar-refractivity contribution in [3.8, 4) is 0 Å². The van der Waals surface area contributed by atoms with Crippen LogP contribution in [0.5, 0.6) is 0 Å². The van der Waals surface area contributed by atoms with Gasteiger partial charge in [0.05, 0.1) is 11.4 Å². The molecule has 1 aliphatic heterocycles. The van der Waals surface area contributed by atoms with Crippen LogP contribution in [-0.4, -0.2) is 30.2 Å². The number of aliphatic hydroxyl groups excluding tert-OH is 1. The van der Waals surface area contributed by atoms with Gasteiger partial charge < -0.3 is 15.3 Å². The van der Waals surface area contributed by atoms with Crippen molar-refractivity contribution in [2.45, 2.75) is 38.7 Å². The Morgan fingerprint density at radius 3 is 2.47 bits per heavy atom. The number of amides is 1. The molecule has 1 atom stereocenters. The van der Waals surface area contributed by atoms with E-state index in [0.29, 0.717) is 0 Å². The van der Waals surface area contributed by atoms with Crippen LogP contribution >= 0.6 is 0 Å². The molecule has 4 nitrogen and oxygen atoms in total. The van der Waals surface area contributed by atoms with E-state index in [4.69, 9.17) is 0 Å². The van der Waals surface area contributed by atoms with Gasteiger partial charge in [-0.2, -0.15) is 0 Å². The Labute approximate surface area is 114 Å². The smallest absolute Gasteiger partial charge is 0.252 e. The van der Waals surface area contributed by atoms with Crippen molar-refractivity contribution in [3.63, 3.8) is 0 Å². The molecule has 1 aromatic rings. The highest BCUT2D eigenvalue weighted by Gasteiger charge is 2.16. The van der Waals surface area contributed by atoms with E-state index in [2.05, 4.69) is 10.2 Å². The molecule has 4 heteroatoms. The van der Waals surface area contributed by atoms with Crippen LogP contribution in [0.2, 0.25) is 0 Å². The molecule has 1 aliphatic rings. The highest BCUT2D eigenvalue weighted by molar-refractivity contribution is 5.96. The second-order valence-corrected chi connectivity index (χ2v) is 5.08. The quantitative estimate of drug-likeness (QED) is 0.879. The number of aliphatic hydroxyl groups is 1. The fourth-order valence-electron chi connectivity index (χ4n) is 2.40. The molecular weight excluding hydrogens is 240 g/mol. The Balaban J connectivity index is 2.17. The third kappa shape index (κ3) is 3.70. The predicted octanol–water partition coefficient (Wildman–Crippen LogP) is 2.39. The highest BCUT2D eigenvalue weighted by atomic mass is 16.3. The number of para-hydroxylation sites is 2. The lowest BCUT2D eigenvalue weighted by atomic mass is 10.2. The van der Waals surface area contributed by atoms with E-state index < -0.39 is 6.10 Å². The third-order valence-electron chi connectivity index (χ3n) is 3.49. The average Bonchev–Trinajstić information content (AvgIpc) is 2.68. The summed E-state index contributed by atoms with van der Waals surface area (Å²) in [6.07, 6.45) is 3.95. The number of nitrogens with zero attached hydrogens (tertiary/aromatic N) is 1. The highest BCUT2D eigenvalue weighted by Crippen LogP contribution is 2.27. The molecule has 0 bridgehead atoms. The van der Waals surface area contributed by atoms with Gasteiger partial charge in [-0.05, 0) is 31.9 Å². The first kappa shape index (κ1) is 13.9. The second kappa shape index (κ2) is 6.57. The van der Waals surface area contributed by atoms with Crippen molar-refractivity contribution >= 4 is 17.3 Å². The Kier molecular flexibility index (Phi) is 4.80. The van der Waals surface area contributed by atoms with Gasteiger partial charge in [-0.15, -0.1) is 0 Å². The number of rotatable bonds is 3. The summed E-state index contributed by atoms with van der Waals surface area (Å²) >= 11 is 0. The molecule has 0 radical (unpaired) electrons. The van der Waals surface area contributed by atoms with Crippen LogP contribution in [0.3, 0.4) is 0 Å². The van der Waals surface area contributed by atoms with Crippen LogP contribution in [0.15, 0.2) is 24.3 Å². The number of nitrogens with one attached hydrogen (secondary N) is 1. The average molecular weight is 262 g/mol. The molecule has 0 saturated carbocycles. The fourth-order valence-corrected chi connectivity index (χ4v) is 2.40. The van der Waals surface area contributed by atoms with Gasteiger partial charge in [0.15, 0.2) is 0 Å². The summed E-state index contributed by atoms with van der Waals surface area (Å²) in [5, 5.41) is 12.1. The molecular formula is C15H22N2O2. The molecule has 1 aromatic carbocycles. The predicted molar refractivity (Wildman–Crippen MR) is 77.4 cm³/mol. The van der Waals surface area contributed by atoms with Gasteiger partial charge in [0, 0.05) is 13.1 Å². The second-order valence-electron chi connectivity index (χ2n) is 5.08. The first-order chi connectivity index (χ1) is 9.18. The van der Waals surface area contributed by atoms with E-state index in [9.17, 15) is 9.90 Å². The number of hydrogen-bond acceptors (Lipinski definition) is 3. The van der Waals surface area contributed by atoms with E-state index >= 15 is 0 Å². The monoisotopic (exact) mass is 262 g/mol. The van der Waals surface area contributed by atoms with E-state index in [1.165, 1.54) is 32.6 Å². The van der Waals surface area contributed by atoms with Gasteiger partial charge in [0.1, 0.15) is 6.10 Å². The molecule has 0 aromatic heterocycles. The molecule has 1 fully saturated rings. The van der Waals surface area contributed by atoms with E-state index in [0.717, 1.165) is 24.5 Å². The Morgan fingerprint density at radius 2 is 1.84 bits per heavy atom. The van der Waals surface area contributed by atoms with Gasteiger partial charge in [-0.1, -0.05) is 25.0 Å². The summed E-state index contributed by atoms with van der Waals surface area (Å²) in [5.41, 5.74) is 1.84. The molecule has 1 amide bonds. The lowest BCUT2D eigenvalue weighted by Gasteiger charge is -2.25. The lowest BCUT2D eigenvalue weighted by molar-refractivity contribution is -0.123.